The minimum absolute atomic E-state index is 0.0892. The quantitative estimate of drug-likeness (QED) is 0.750. The largest absolute Gasteiger partial charge is 0.354 e. The molecule has 1 aliphatic rings. The minimum Gasteiger partial charge on any atom is -0.354 e. The van der Waals surface area contributed by atoms with Crippen molar-refractivity contribution in [3.05, 3.63) is 41.6 Å². The SMILES string of the molecule is CCC(=O)NC1CCN(c2cc(-c3nc4ccccc4n3C)c(Cl)cn2)C1. The maximum atomic E-state index is 11.6. The Bertz CT molecular complexity index is 999. The summed E-state index contributed by atoms with van der Waals surface area (Å²) in [6.45, 7) is 3.47. The molecular weight excluding hydrogens is 362 g/mol. The number of aryl methyl sites for hydroxylation is 1. The Hall–Kier alpha value is -2.60. The normalized spacial score (nSPS) is 16.9. The zero-order valence-electron chi connectivity index (χ0n) is 15.4. The van der Waals surface area contributed by atoms with E-state index in [4.69, 9.17) is 16.6 Å². The molecule has 6 nitrogen and oxygen atoms in total. The van der Waals surface area contributed by atoms with Crippen molar-refractivity contribution in [2.45, 2.75) is 25.8 Å². The van der Waals surface area contributed by atoms with Crippen molar-refractivity contribution >= 4 is 34.4 Å². The van der Waals surface area contributed by atoms with E-state index in [0.29, 0.717) is 11.4 Å². The second-order valence-corrected chi connectivity index (χ2v) is 7.27. The minimum atomic E-state index is 0.0892. The number of benzene rings is 1. The first-order valence-corrected chi connectivity index (χ1v) is 9.56. The van der Waals surface area contributed by atoms with Crippen LogP contribution in [0.3, 0.4) is 0 Å². The Morgan fingerprint density at radius 1 is 1.37 bits per heavy atom. The molecule has 140 valence electrons. The average molecular weight is 384 g/mol. The monoisotopic (exact) mass is 383 g/mol. The number of amides is 1. The topological polar surface area (TPSA) is 63.1 Å². The maximum absolute atomic E-state index is 11.6. The van der Waals surface area contributed by atoms with E-state index in [0.717, 1.165) is 47.7 Å². The third-order valence-corrected chi connectivity index (χ3v) is 5.37. The summed E-state index contributed by atoms with van der Waals surface area (Å²) < 4.78 is 2.05. The lowest BCUT2D eigenvalue weighted by atomic mass is 10.2. The van der Waals surface area contributed by atoms with Crippen molar-refractivity contribution < 1.29 is 4.79 Å². The van der Waals surface area contributed by atoms with Crippen LogP contribution in [0, 0.1) is 0 Å². The Balaban J connectivity index is 1.64. The number of carbonyl (C=O) groups excluding carboxylic acids is 1. The van der Waals surface area contributed by atoms with Crippen LogP contribution < -0.4 is 10.2 Å². The number of hydrogen-bond donors (Lipinski definition) is 1. The van der Waals surface area contributed by atoms with E-state index in [2.05, 4.69) is 19.8 Å². The van der Waals surface area contributed by atoms with Crippen LogP contribution in [0.2, 0.25) is 5.02 Å². The number of pyridine rings is 1. The number of hydrogen-bond acceptors (Lipinski definition) is 4. The third kappa shape index (κ3) is 3.37. The van der Waals surface area contributed by atoms with E-state index in [9.17, 15) is 4.79 Å². The molecule has 2 aromatic heterocycles. The van der Waals surface area contributed by atoms with E-state index >= 15 is 0 Å². The maximum Gasteiger partial charge on any atom is 0.219 e. The summed E-state index contributed by atoms with van der Waals surface area (Å²) in [6.07, 6.45) is 3.10. The summed E-state index contributed by atoms with van der Waals surface area (Å²) in [5, 5.41) is 3.64. The van der Waals surface area contributed by atoms with Crippen molar-refractivity contribution in [2.24, 2.45) is 7.05 Å². The van der Waals surface area contributed by atoms with Gasteiger partial charge in [-0.2, -0.15) is 0 Å². The molecule has 1 aliphatic heterocycles. The number of rotatable bonds is 4. The van der Waals surface area contributed by atoms with Crippen molar-refractivity contribution in [3.63, 3.8) is 0 Å². The van der Waals surface area contributed by atoms with Gasteiger partial charge in [0.1, 0.15) is 11.6 Å². The molecule has 27 heavy (non-hydrogen) atoms. The molecule has 1 saturated heterocycles. The van der Waals surface area contributed by atoms with Crippen molar-refractivity contribution in [1.29, 1.82) is 0 Å². The van der Waals surface area contributed by atoms with Crippen molar-refractivity contribution in [3.8, 4) is 11.4 Å². The zero-order valence-corrected chi connectivity index (χ0v) is 16.2. The van der Waals surface area contributed by atoms with Gasteiger partial charge < -0.3 is 14.8 Å². The predicted octanol–water partition coefficient (Wildman–Crippen LogP) is 3.39. The number of halogens is 1. The molecule has 1 fully saturated rings. The van der Waals surface area contributed by atoms with Crippen LogP contribution >= 0.6 is 11.6 Å². The summed E-state index contributed by atoms with van der Waals surface area (Å²) in [5.41, 5.74) is 2.86. The smallest absolute Gasteiger partial charge is 0.219 e. The number of para-hydroxylation sites is 2. The van der Waals surface area contributed by atoms with Gasteiger partial charge in [-0.15, -0.1) is 0 Å². The highest BCUT2D eigenvalue weighted by Gasteiger charge is 2.25. The molecule has 3 aromatic rings. The lowest BCUT2D eigenvalue weighted by molar-refractivity contribution is -0.121. The molecule has 1 aromatic carbocycles. The van der Waals surface area contributed by atoms with Crippen LogP contribution in [0.25, 0.3) is 22.4 Å². The Labute approximate surface area is 163 Å². The first-order valence-electron chi connectivity index (χ1n) is 9.18. The van der Waals surface area contributed by atoms with Crippen LogP contribution in [0.1, 0.15) is 19.8 Å². The number of anilines is 1. The fourth-order valence-electron chi connectivity index (χ4n) is 3.57. The molecule has 1 unspecified atom stereocenters. The Kier molecular flexibility index (Phi) is 4.74. The molecule has 7 heteroatoms. The van der Waals surface area contributed by atoms with E-state index in [1.807, 2.05) is 44.3 Å². The van der Waals surface area contributed by atoms with Crippen LogP contribution in [-0.2, 0) is 11.8 Å². The van der Waals surface area contributed by atoms with Gasteiger partial charge in [0.2, 0.25) is 5.91 Å². The highest BCUT2D eigenvalue weighted by atomic mass is 35.5. The van der Waals surface area contributed by atoms with Gasteiger partial charge in [0.15, 0.2) is 0 Å². The lowest BCUT2D eigenvalue weighted by Gasteiger charge is -2.19. The summed E-state index contributed by atoms with van der Waals surface area (Å²) in [7, 11) is 1.99. The van der Waals surface area contributed by atoms with Crippen molar-refractivity contribution in [1.82, 2.24) is 19.9 Å². The Morgan fingerprint density at radius 2 is 2.19 bits per heavy atom. The first kappa shape index (κ1) is 17.8. The zero-order chi connectivity index (χ0) is 19.0. The summed E-state index contributed by atoms with van der Waals surface area (Å²) in [5.74, 6) is 1.76. The van der Waals surface area contributed by atoms with Gasteiger partial charge in [-0.3, -0.25) is 4.79 Å². The summed E-state index contributed by atoms with van der Waals surface area (Å²) in [4.78, 5) is 23.1. The van der Waals surface area contributed by atoms with Gasteiger partial charge in [0.05, 0.1) is 16.1 Å². The lowest BCUT2D eigenvalue weighted by Crippen LogP contribution is -2.36. The van der Waals surface area contributed by atoms with Crippen LogP contribution in [0.15, 0.2) is 36.5 Å². The van der Waals surface area contributed by atoms with Gasteiger partial charge >= 0.3 is 0 Å². The van der Waals surface area contributed by atoms with Gasteiger partial charge in [-0.25, -0.2) is 9.97 Å². The van der Waals surface area contributed by atoms with E-state index in [1.165, 1.54) is 0 Å². The van der Waals surface area contributed by atoms with Gasteiger partial charge in [0.25, 0.3) is 0 Å². The molecule has 0 aliphatic carbocycles. The fraction of sp³-hybridized carbons (Fsp3) is 0.350. The van der Waals surface area contributed by atoms with Crippen LogP contribution in [0.5, 0.6) is 0 Å². The number of nitrogens with zero attached hydrogens (tertiary/aromatic N) is 4. The summed E-state index contributed by atoms with van der Waals surface area (Å²) in [6, 6.07) is 10.2. The first-order chi connectivity index (χ1) is 13.1. The molecule has 3 heterocycles. The van der Waals surface area contributed by atoms with Gasteiger partial charge in [-0.1, -0.05) is 30.7 Å². The molecule has 0 saturated carbocycles. The summed E-state index contributed by atoms with van der Waals surface area (Å²) >= 11 is 6.46. The van der Waals surface area contributed by atoms with Crippen LogP contribution in [0.4, 0.5) is 5.82 Å². The fourth-order valence-corrected chi connectivity index (χ4v) is 3.76. The number of carbonyl (C=O) groups is 1. The van der Waals surface area contributed by atoms with E-state index in [-0.39, 0.29) is 11.9 Å². The molecule has 0 radical (unpaired) electrons. The van der Waals surface area contributed by atoms with Crippen molar-refractivity contribution in [2.75, 3.05) is 18.0 Å². The standard InChI is InChI=1S/C20H22ClN5O/c1-3-19(27)23-13-8-9-26(12-13)18-10-14(15(21)11-22-18)20-24-16-6-4-5-7-17(16)25(20)2/h4-7,10-11,13H,3,8-9,12H2,1-2H3,(H,23,27). The second kappa shape index (κ2) is 7.19. The highest BCUT2D eigenvalue weighted by molar-refractivity contribution is 6.33. The molecule has 1 atom stereocenters. The number of aromatic nitrogens is 3. The number of fused-ring (bicyclic) bond motifs is 1. The molecule has 1 amide bonds. The van der Waals surface area contributed by atoms with E-state index in [1.54, 1.807) is 6.20 Å². The highest BCUT2D eigenvalue weighted by Crippen LogP contribution is 2.32. The number of imidazole rings is 1. The molecule has 0 spiro atoms. The number of nitrogens with one attached hydrogen (secondary N) is 1. The van der Waals surface area contributed by atoms with E-state index < -0.39 is 0 Å². The second-order valence-electron chi connectivity index (χ2n) is 6.86. The predicted molar refractivity (Wildman–Crippen MR) is 108 cm³/mol. The molecule has 4 rings (SSSR count). The third-order valence-electron chi connectivity index (χ3n) is 5.07. The Morgan fingerprint density at radius 3 is 2.96 bits per heavy atom. The molecular formula is C20H22ClN5O. The van der Waals surface area contributed by atoms with Gasteiger partial charge in [-0.05, 0) is 24.6 Å². The average Bonchev–Trinajstić information content (AvgIpc) is 3.27. The van der Waals surface area contributed by atoms with Crippen LogP contribution in [-0.4, -0.2) is 39.6 Å². The molecule has 1 N–H and O–H groups in total. The van der Waals surface area contributed by atoms with Gasteiger partial charge in [0, 0.05) is 44.4 Å². The molecule has 0 bridgehead atoms.